The van der Waals surface area contributed by atoms with Gasteiger partial charge in [-0.3, -0.25) is 4.79 Å². The zero-order valence-corrected chi connectivity index (χ0v) is 13.0. The summed E-state index contributed by atoms with van der Waals surface area (Å²) < 4.78 is 0. The lowest BCUT2D eigenvalue weighted by molar-refractivity contribution is 0.0281. The van der Waals surface area contributed by atoms with Crippen LogP contribution in [-0.4, -0.2) is 42.0 Å². The molecule has 0 unspecified atom stereocenters. The van der Waals surface area contributed by atoms with Crippen LogP contribution in [0.4, 0.5) is 0 Å². The van der Waals surface area contributed by atoms with E-state index in [1.165, 1.54) is 0 Å². The van der Waals surface area contributed by atoms with Crippen molar-refractivity contribution in [3.8, 4) is 0 Å². The summed E-state index contributed by atoms with van der Waals surface area (Å²) >= 11 is 12.0. The van der Waals surface area contributed by atoms with Crippen LogP contribution in [0.15, 0.2) is 18.2 Å². The van der Waals surface area contributed by atoms with E-state index in [0.717, 1.165) is 19.4 Å². The highest BCUT2D eigenvalue weighted by Crippen LogP contribution is 2.28. The van der Waals surface area contributed by atoms with E-state index in [9.17, 15) is 9.90 Å². The van der Waals surface area contributed by atoms with Crippen molar-refractivity contribution >= 4 is 29.0 Å². The first kappa shape index (κ1) is 15.8. The zero-order chi connectivity index (χ0) is 14.7. The molecule has 0 radical (unpaired) electrons. The first-order valence-electron chi connectivity index (χ1n) is 6.81. The van der Waals surface area contributed by atoms with E-state index in [1.807, 2.05) is 7.05 Å². The van der Waals surface area contributed by atoms with Gasteiger partial charge in [-0.25, -0.2) is 0 Å². The SMILES string of the molecule is CN(CCC(=O)c1cccc(Cl)c1Cl)CC1CC(O)C1. The van der Waals surface area contributed by atoms with Crippen LogP contribution in [0.25, 0.3) is 0 Å². The summed E-state index contributed by atoms with van der Waals surface area (Å²) in [7, 11) is 2.00. The molecule has 0 spiro atoms. The second-order valence-electron chi connectivity index (χ2n) is 5.53. The highest BCUT2D eigenvalue weighted by Gasteiger charge is 2.27. The van der Waals surface area contributed by atoms with E-state index in [1.54, 1.807) is 18.2 Å². The van der Waals surface area contributed by atoms with Gasteiger partial charge in [0.2, 0.25) is 0 Å². The molecule has 0 aliphatic heterocycles. The Balaban J connectivity index is 1.81. The Labute approximate surface area is 129 Å². The van der Waals surface area contributed by atoms with E-state index in [-0.39, 0.29) is 11.9 Å². The molecule has 1 aromatic rings. The maximum atomic E-state index is 12.1. The standard InChI is InChI=1S/C15H19Cl2NO2/c1-18(9-10-7-11(19)8-10)6-5-14(20)12-3-2-4-13(16)15(12)17/h2-4,10-11,19H,5-9H2,1H3. The van der Waals surface area contributed by atoms with Gasteiger partial charge in [-0.15, -0.1) is 0 Å². The van der Waals surface area contributed by atoms with Gasteiger partial charge in [0.1, 0.15) is 0 Å². The number of aliphatic hydroxyl groups excluding tert-OH is 1. The zero-order valence-electron chi connectivity index (χ0n) is 11.5. The van der Waals surface area contributed by atoms with E-state index in [2.05, 4.69) is 4.90 Å². The van der Waals surface area contributed by atoms with Gasteiger partial charge in [-0.2, -0.15) is 0 Å². The fourth-order valence-corrected chi connectivity index (χ4v) is 2.93. The Hall–Kier alpha value is -0.610. The molecule has 1 saturated carbocycles. The third-order valence-electron chi connectivity index (χ3n) is 3.75. The fourth-order valence-electron chi connectivity index (χ4n) is 2.53. The molecule has 1 N–H and O–H groups in total. The largest absolute Gasteiger partial charge is 0.393 e. The summed E-state index contributed by atoms with van der Waals surface area (Å²) in [6.07, 6.45) is 2.04. The Morgan fingerprint density at radius 1 is 1.40 bits per heavy atom. The number of aliphatic hydroxyl groups is 1. The molecule has 2 rings (SSSR count). The average Bonchev–Trinajstić information content (AvgIpc) is 2.37. The Bertz CT molecular complexity index is 487. The predicted octanol–water partition coefficient (Wildman–Crippen LogP) is 3.27. The molecule has 0 atom stereocenters. The van der Waals surface area contributed by atoms with Crippen molar-refractivity contribution in [2.75, 3.05) is 20.1 Å². The third kappa shape index (κ3) is 3.95. The van der Waals surface area contributed by atoms with Crippen molar-refractivity contribution in [2.45, 2.75) is 25.4 Å². The van der Waals surface area contributed by atoms with E-state index in [4.69, 9.17) is 23.2 Å². The maximum absolute atomic E-state index is 12.1. The second kappa shape index (κ2) is 6.90. The first-order valence-corrected chi connectivity index (χ1v) is 7.56. The lowest BCUT2D eigenvalue weighted by atomic mass is 9.82. The van der Waals surface area contributed by atoms with Crippen molar-refractivity contribution in [3.05, 3.63) is 33.8 Å². The first-order chi connectivity index (χ1) is 9.47. The minimum Gasteiger partial charge on any atom is -0.393 e. The predicted molar refractivity (Wildman–Crippen MR) is 81.6 cm³/mol. The van der Waals surface area contributed by atoms with Crippen molar-refractivity contribution in [2.24, 2.45) is 5.92 Å². The normalized spacial score (nSPS) is 21.9. The number of nitrogens with zero attached hydrogens (tertiary/aromatic N) is 1. The monoisotopic (exact) mass is 315 g/mol. The average molecular weight is 316 g/mol. The summed E-state index contributed by atoms with van der Waals surface area (Å²) in [5.74, 6) is 0.567. The van der Waals surface area contributed by atoms with E-state index < -0.39 is 0 Å². The van der Waals surface area contributed by atoms with Crippen molar-refractivity contribution in [3.63, 3.8) is 0 Å². The van der Waals surface area contributed by atoms with Gasteiger partial charge in [-0.1, -0.05) is 29.3 Å². The van der Waals surface area contributed by atoms with Gasteiger partial charge < -0.3 is 10.0 Å². The molecule has 0 amide bonds. The number of rotatable bonds is 6. The van der Waals surface area contributed by atoms with E-state index in [0.29, 0.717) is 34.5 Å². The fraction of sp³-hybridized carbons (Fsp3) is 0.533. The molecule has 1 aliphatic rings. The molecule has 0 aromatic heterocycles. The molecule has 110 valence electrons. The summed E-state index contributed by atoms with van der Waals surface area (Å²) in [6.45, 7) is 1.61. The quantitative estimate of drug-likeness (QED) is 0.819. The van der Waals surface area contributed by atoms with E-state index >= 15 is 0 Å². The maximum Gasteiger partial charge on any atom is 0.165 e. The van der Waals surface area contributed by atoms with Gasteiger partial charge in [0.15, 0.2) is 5.78 Å². The molecule has 0 heterocycles. The smallest absolute Gasteiger partial charge is 0.165 e. The van der Waals surface area contributed by atoms with Gasteiger partial charge >= 0.3 is 0 Å². The topological polar surface area (TPSA) is 40.5 Å². The number of carbonyl (C=O) groups is 1. The number of hydrogen-bond donors (Lipinski definition) is 1. The van der Waals surface area contributed by atoms with Crippen molar-refractivity contribution in [1.29, 1.82) is 0 Å². The molecule has 0 saturated heterocycles. The number of carbonyl (C=O) groups excluding carboxylic acids is 1. The number of ketones is 1. The Kier molecular flexibility index (Phi) is 5.44. The van der Waals surface area contributed by atoms with Crippen molar-refractivity contribution < 1.29 is 9.90 Å². The summed E-state index contributed by atoms with van der Waals surface area (Å²) in [6, 6.07) is 5.12. The van der Waals surface area contributed by atoms with Crippen LogP contribution in [0.2, 0.25) is 10.0 Å². The summed E-state index contributed by atoms with van der Waals surface area (Å²) in [5, 5.41) is 10.0. The van der Waals surface area contributed by atoms with Gasteiger partial charge in [-0.05, 0) is 37.9 Å². The molecular formula is C15H19Cl2NO2. The molecule has 1 fully saturated rings. The molecule has 20 heavy (non-hydrogen) atoms. The summed E-state index contributed by atoms with van der Waals surface area (Å²) in [4.78, 5) is 14.3. The van der Waals surface area contributed by atoms with Crippen LogP contribution in [0.1, 0.15) is 29.6 Å². The minimum atomic E-state index is -0.125. The summed E-state index contributed by atoms with van der Waals surface area (Å²) in [5.41, 5.74) is 0.492. The molecule has 3 nitrogen and oxygen atoms in total. The van der Waals surface area contributed by atoms with Crippen LogP contribution >= 0.6 is 23.2 Å². The molecule has 1 aliphatic carbocycles. The van der Waals surface area contributed by atoms with Crippen LogP contribution in [0.5, 0.6) is 0 Å². The highest BCUT2D eigenvalue weighted by molar-refractivity contribution is 6.43. The lowest BCUT2D eigenvalue weighted by Crippen LogP contribution is -2.37. The van der Waals surface area contributed by atoms with Crippen LogP contribution in [0, 0.1) is 5.92 Å². The lowest BCUT2D eigenvalue weighted by Gasteiger charge is -2.34. The van der Waals surface area contributed by atoms with Gasteiger partial charge in [0, 0.05) is 25.1 Å². The Morgan fingerprint density at radius 3 is 2.75 bits per heavy atom. The minimum absolute atomic E-state index is 0.0120. The molecule has 0 bridgehead atoms. The van der Waals surface area contributed by atoms with Crippen molar-refractivity contribution in [1.82, 2.24) is 4.90 Å². The second-order valence-corrected chi connectivity index (χ2v) is 6.31. The molecule has 1 aromatic carbocycles. The third-order valence-corrected chi connectivity index (χ3v) is 4.57. The van der Waals surface area contributed by atoms with Crippen LogP contribution in [0.3, 0.4) is 0 Å². The Morgan fingerprint density at radius 2 is 2.10 bits per heavy atom. The van der Waals surface area contributed by atoms with Crippen LogP contribution < -0.4 is 0 Å². The molecule has 5 heteroatoms. The number of hydrogen-bond acceptors (Lipinski definition) is 3. The van der Waals surface area contributed by atoms with Gasteiger partial charge in [0.05, 0.1) is 16.1 Å². The number of Topliss-reactive ketones (excluding diaryl/α,β-unsaturated/α-hetero) is 1. The number of benzene rings is 1. The highest BCUT2D eigenvalue weighted by atomic mass is 35.5. The molecular weight excluding hydrogens is 297 g/mol. The van der Waals surface area contributed by atoms with Gasteiger partial charge in [0.25, 0.3) is 0 Å². The van der Waals surface area contributed by atoms with Crippen LogP contribution in [-0.2, 0) is 0 Å². The number of halogens is 2.